The van der Waals surface area contributed by atoms with Gasteiger partial charge in [0.25, 0.3) is 0 Å². The molecule has 0 saturated heterocycles. The molecule has 0 amide bonds. The molecule has 0 fully saturated rings. The van der Waals surface area contributed by atoms with Crippen molar-refractivity contribution in [2.45, 2.75) is 65.5 Å². The Morgan fingerprint density at radius 1 is 1.25 bits per heavy atom. The van der Waals surface area contributed by atoms with Gasteiger partial charge in [0.15, 0.2) is 0 Å². The van der Waals surface area contributed by atoms with Crippen LogP contribution in [0.25, 0.3) is 0 Å². The highest BCUT2D eigenvalue weighted by Gasteiger charge is 2.35. The van der Waals surface area contributed by atoms with E-state index >= 15 is 0 Å². The summed E-state index contributed by atoms with van der Waals surface area (Å²) >= 11 is 0. The van der Waals surface area contributed by atoms with Gasteiger partial charge in [0.1, 0.15) is 0 Å². The molecule has 0 rings (SSSR count). The van der Waals surface area contributed by atoms with Gasteiger partial charge in [-0.05, 0) is 34.1 Å². The van der Waals surface area contributed by atoms with Crippen molar-refractivity contribution in [2.24, 2.45) is 0 Å². The topological polar surface area (TPSA) is 49.8 Å². The fraction of sp³-hybridized carbons (Fsp3) is 0.917. The predicted octanol–water partition coefficient (Wildman–Crippen LogP) is 2.60. The number of hydrogen-bond acceptors (Lipinski definition) is 4. The first kappa shape index (κ1) is 15.4. The van der Waals surface area contributed by atoms with E-state index in [1.165, 1.54) is 12.0 Å². The van der Waals surface area contributed by atoms with Crippen molar-refractivity contribution >= 4 is 5.97 Å². The van der Waals surface area contributed by atoms with Crippen molar-refractivity contribution in [1.29, 1.82) is 0 Å². The summed E-state index contributed by atoms with van der Waals surface area (Å²) in [6.45, 7) is 11.6. The highest BCUT2D eigenvalue weighted by Crippen LogP contribution is 2.27. The number of esters is 1. The molecule has 0 aromatic heterocycles. The second-order valence-electron chi connectivity index (χ2n) is 5.38. The van der Waals surface area contributed by atoms with Crippen LogP contribution < -0.4 is 0 Å². The number of ether oxygens (including phenoxy) is 1. The smallest absolute Gasteiger partial charge is 0.302 e. The number of rotatable bonds is 6. The maximum absolute atomic E-state index is 10.7. The Bertz CT molecular complexity index is 236. The first-order chi connectivity index (χ1) is 7.13. The average molecular weight is 231 g/mol. The largest absolute Gasteiger partial charge is 0.466 e. The van der Waals surface area contributed by atoms with E-state index in [1.54, 1.807) is 0 Å². The van der Waals surface area contributed by atoms with Crippen molar-refractivity contribution in [1.82, 2.24) is 5.06 Å². The van der Waals surface area contributed by atoms with Gasteiger partial charge in [0.05, 0.1) is 6.61 Å². The van der Waals surface area contributed by atoms with Gasteiger partial charge >= 0.3 is 5.97 Å². The lowest BCUT2D eigenvalue weighted by Gasteiger charge is -2.43. The molecule has 0 spiro atoms. The van der Waals surface area contributed by atoms with Gasteiger partial charge in [-0.3, -0.25) is 4.79 Å². The van der Waals surface area contributed by atoms with Crippen LogP contribution in [-0.4, -0.2) is 33.9 Å². The van der Waals surface area contributed by atoms with E-state index in [4.69, 9.17) is 4.74 Å². The van der Waals surface area contributed by atoms with Crippen LogP contribution in [0.5, 0.6) is 0 Å². The fourth-order valence-corrected chi connectivity index (χ4v) is 1.52. The number of nitrogens with zero attached hydrogens (tertiary/aromatic N) is 1. The Labute approximate surface area is 98.5 Å². The zero-order valence-corrected chi connectivity index (χ0v) is 11.3. The summed E-state index contributed by atoms with van der Waals surface area (Å²) in [5.74, 6) is -0.282. The van der Waals surface area contributed by atoms with Gasteiger partial charge in [-0.15, -0.1) is 0 Å². The van der Waals surface area contributed by atoms with E-state index in [0.29, 0.717) is 13.0 Å². The molecule has 4 nitrogen and oxygen atoms in total. The summed E-state index contributed by atoms with van der Waals surface area (Å²) in [5.41, 5.74) is -0.686. The van der Waals surface area contributed by atoms with Gasteiger partial charge in [0.2, 0.25) is 0 Å². The van der Waals surface area contributed by atoms with Crippen molar-refractivity contribution in [2.75, 3.05) is 6.61 Å². The molecule has 0 saturated carbocycles. The molecular formula is C12H25NO3. The summed E-state index contributed by atoms with van der Waals surface area (Å²) in [6.07, 6.45) is 1.45. The van der Waals surface area contributed by atoms with Crippen LogP contribution in [0.3, 0.4) is 0 Å². The zero-order valence-electron chi connectivity index (χ0n) is 11.3. The van der Waals surface area contributed by atoms with Crippen molar-refractivity contribution < 1.29 is 14.7 Å². The lowest BCUT2D eigenvalue weighted by Crippen LogP contribution is -2.53. The molecule has 0 radical (unpaired) electrons. The monoisotopic (exact) mass is 231 g/mol. The third kappa shape index (κ3) is 4.49. The predicted molar refractivity (Wildman–Crippen MR) is 63.3 cm³/mol. The first-order valence-electron chi connectivity index (χ1n) is 5.76. The van der Waals surface area contributed by atoms with E-state index in [2.05, 4.69) is 0 Å². The third-order valence-corrected chi connectivity index (χ3v) is 3.03. The molecule has 0 aliphatic heterocycles. The Hall–Kier alpha value is -0.610. The van der Waals surface area contributed by atoms with Crippen molar-refractivity contribution in [3.05, 3.63) is 0 Å². The van der Waals surface area contributed by atoms with Crippen LogP contribution in [0.1, 0.15) is 54.4 Å². The van der Waals surface area contributed by atoms with Crippen LogP contribution in [0, 0.1) is 0 Å². The molecule has 0 atom stereocenters. The van der Waals surface area contributed by atoms with Crippen molar-refractivity contribution in [3.8, 4) is 0 Å². The number of hydrogen-bond donors (Lipinski definition) is 1. The number of carbonyl (C=O) groups is 1. The summed E-state index contributed by atoms with van der Waals surface area (Å²) in [7, 11) is 0. The molecule has 96 valence electrons. The minimum absolute atomic E-state index is 0.278. The summed E-state index contributed by atoms with van der Waals surface area (Å²) in [4.78, 5) is 10.7. The maximum Gasteiger partial charge on any atom is 0.302 e. The van der Waals surface area contributed by atoms with E-state index in [0.717, 1.165) is 6.42 Å². The molecule has 16 heavy (non-hydrogen) atoms. The van der Waals surface area contributed by atoms with Gasteiger partial charge in [-0.2, -0.15) is 5.06 Å². The Morgan fingerprint density at radius 2 is 1.75 bits per heavy atom. The molecule has 1 N–H and O–H groups in total. The van der Waals surface area contributed by atoms with Crippen LogP contribution in [0.2, 0.25) is 0 Å². The van der Waals surface area contributed by atoms with Crippen LogP contribution in [0.15, 0.2) is 0 Å². The van der Waals surface area contributed by atoms with E-state index in [9.17, 15) is 10.0 Å². The van der Waals surface area contributed by atoms with E-state index in [1.807, 2.05) is 34.6 Å². The minimum Gasteiger partial charge on any atom is -0.466 e. The third-order valence-electron chi connectivity index (χ3n) is 3.03. The lowest BCUT2D eigenvalue weighted by molar-refractivity contribution is -0.228. The van der Waals surface area contributed by atoms with Crippen LogP contribution >= 0.6 is 0 Å². The number of carbonyl (C=O) groups excluding carboxylic acids is 1. The van der Waals surface area contributed by atoms with Crippen molar-refractivity contribution in [3.63, 3.8) is 0 Å². The molecule has 0 aromatic rings. The van der Waals surface area contributed by atoms with Crippen LogP contribution in [-0.2, 0) is 9.53 Å². The van der Waals surface area contributed by atoms with E-state index < -0.39 is 5.54 Å². The molecule has 0 aromatic carbocycles. The highest BCUT2D eigenvalue weighted by atomic mass is 16.5. The summed E-state index contributed by atoms with van der Waals surface area (Å²) in [6, 6.07) is 0. The Morgan fingerprint density at radius 3 is 2.12 bits per heavy atom. The van der Waals surface area contributed by atoms with E-state index in [-0.39, 0.29) is 11.5 Å². The summed E-state index contributed by atoms with van der Waals surface area (Å²) < 4.78 is 4.90. The Balaban J connectivity index is 4.36. The van der Waals surface area contributed by atoms with Gasteiger partial charge in [-0.1, -0.05) is 6.92 Å². The molecule has 0 bridgehead atoms. The second kappa shape index (κ2) is 5.64. The summed E-state index contributed by atoms with van der Waals surface area (Å²) in [5, 5.41) is 11.5. The standard InChI is InChI=1S/C12H25NO3/c1-7-11(3,4)13(15)12(5,6)8-9-16-10(2)14/h15H,7-9H2,1-6H3. The zero-order chi connectivity index (χ0) is 13.0. The lowest BCUT2D eigenvalue weighted by atomic mass is 9.92. The quantitative estimate of drug-likeness (QED) is 0.564. The average Bonchev–Trinajstić information content (AvgIpc) is 2.15. The molecule has 0 aliphatic carbocycles. The Kier molecular flexibility index (Phi) is 5.42. The SMILES string of the molecule is CCC(C)(C)N(O)C(C)(C)CCOC(C)=O. The molecule has 0 aliphatic rings. The van der Waals surface area contributed by atoms with Gasteiger partial charge in [-0.25, -0.2) is 0 Å². The van der Waals surface area contributed by atoms with Gasteiger partial charge in [0, 0.05) is 24.4 Å². The second-order valence-corrected chi connectivity index (χ2v) is 5.38. The van der Waals surface area contributed by atoms with Gasteiger partial charge < -0.3 is 9.94 Å². The maximum atomic E-state index is 10.7. The first-order valence-corrected chi connectivity index (χ1v) is 5.76. The fourth-order valence-electron chi connectivity index (χ4n) is 1.52. The normalized spacial score (nSPS) is 13.0. The highest BCUT2D eigenvalue weighted by molar-refractivity contribution is 5.65. The number of hydroxylamine groups is 2. The molecule has 0 heterocycles. The molecule has 0 unspecified atom stereocenters. The minimum atomic E-state index is -0.408. The van der Waals surface area contributed by atoms with Crippen LogP contribution in [0.4, 0.5) is 0 Å². The molecular weight excluding hydrogens is 206 g/mol. The molecule has 4 heteroatoms.